The summed E-state index contributed by atoms with van der Waals surface area (Å²) in [6.07, 6.45) is 2.97. The Bertz CT molecular complexity index is 881. The minimum absolute atomic E-state index is 0.00876. The van der Waals surface area contributed by atoms with E-state index in [0.29, 0.717) is 23.0 Å². The van der Waals surface area contributed by atoms with Crippen LogP contribution in [0.2, 0.25) is 0 Å². The molecule has 3 aromatic rings. The quantitative estimate of drug-likeness (QED) is 0.739. The van der Waals surface area contributed by atoms with Gasteiger partial charge in [-0.25, -0.2) is 4.79 Å². The van der Waals surface area contributed by atoms with E-state index in [1.54, 1.807) is 37.3 Å². The number of furan rings is 2. The Morgan fingerprint density at radius 3 is 2.67 bits per heavy atom. The first kappa shape index (κ1) is 14.3. The molecule has 1 fully saturated rings. The Hall–Kier alpha value is -3.29. The lowest BCUT2D eigenvalue weighted by atomic mass is 9.99. The van der Waals surface area contributed by atoms with Crippen molar-refractivity contribution in [3.05, 3.63) is 54.3 Å². The number of rotatable bonds is 4. The fourth-order valence-corrected chi connectivity index (χ4v) is 2.65. The molecule has 3 aromatic heterocycles. The second-order valence-electron chi connectivity index (χ2n) is 5.58. The molecule has 1 N–H and O–H groups in total. The summed E-state index contributed by atoms with van der Waals surface area (Å²) in [5.74, 6) is 0.909. The third kappa shape index (κ3) is 2.11. The number of hydrogen-bond donors (Lipinski definition) is 1. The third-order valence-electron chi connectivity index (χ3n) is 3.93. The Morgan fingerprint density at radius 1 is 1.17 bits per heavy atom. The van der Waals surface area contributed by atoms with Crippen molar-refractivity contribution in [2.24, 2.45) is 0 Å². The zero-order valence-corrected chi connectivity index (χ0v) is 12.7. The van der Waals surface area contributed by atoms with Gasteiger partial charge in [0.1, 0.15) is 11.5 Å². The van der Waals surface area contributed by atoms with Crippen LogP contribution in [0.1, 0.15) is 18.4 Å². The average Bonchev–Trinajstić information content (AvgIpc) is 3.34. The van der Waals surface area contributed by atoms with Gasteiger partial charge in [0.2, 0.25) is 5.76 Å². The van der Waals surface area contributed by atoms with Crippen LogP contribution in [0, 0.1) is 0 Å². The standard InChI is InChI=1S/C16H13N3O5/c1-16(13-5-3-7-23-13)14(20)19(15(21)17-16)9-10-8-12(24-18-10)11-4-2-6-22-11/h2-8H,9H2,1H3,(H,17,21)/t16-/m0/s1. The van der Waals surface area contributed by atoms with Crippen LogP contribution >= 0.6 is 0 Å². The summed E-state index contributed by atoms with van der Waals surface area (Å²) in [4.78, 5) is 26.0. The molecular formula is C16H13N3O5. The van der Waals surface area contributed by atoms with Crippen molar-refractivity contribution in [1.29, 1.82) is 0 Å². The molecule has 8 heteroatoms. The normalized spacial score (nSPS) is 20.6. The van der Waals surface area contributed by atoms with E-state index in [-0.39, 0.29) is 6.54 Å². The fraction of sp³-hybridized carbons (Fsp3) is 0.188. The number of nitrogens with one attached hydrogen (secondary N) is 1. The maximum absolute atomic E-state index is 12.7. The van der Waals surface area contributed by atoms with Crippen LogP contribution < -0.4 is 5.32 Å². The lowest BCUT2D eigenvalue weighted by molar-refractivity contribution is -0.132. The molecule has 1 aliphatic heterocycles. The molecule has 0 aromatic carbocycles. The maximum Gasteiger partial charge on any atom is 0.325 e. The molecule has 24 heavy (non-hydrogen) atoms. The van der Waals surface area contributed by atoms with E-state index in [0.717, 1.165) is 4.90 Å². The minimum Gasteiger partial charge on any atom is -0.466 e. The van der Waals surface area contributed by atoms with Gasteiger partial charge < -0.3 is 18.7 Å². The molecule has 4 heterocycles. The van der Waals surface area contributed by atoms with Crippen molar-refractivity contribution in [3.63, 3.8) is 0 Å². The van der Waals surface area contributed by atoms with Gasteiger partial charge >= 0.3 is 6.03 Å². The monoisotopic (exact) mass is 327 g/mol. The van der Waals surface area contributed by atoms with Crippen molar-refractivity contribution < 1.29 is 22.9 Å². The lowest BCUT2D eigenvalue weighted by Crippen LogP contribution is -2.40. The average molecular weight is 327 g/mol. The topological polar surface area (TPSA) is 102 Å². The van der Waals surface area contributed by atoms with Crippen LogP contribution in [-0.2, 0) is 16.9 Å². The lowest BCUT2D eigenvalue weighted by Gasteiger charge is -2.18. The van der Waals surface area contributed by atoms with Gasteiger partial charge in [-0.1, -0.05) is 5.16 Å². The second-order valence-corrected chi connectivity index (χ2v) is 5.58. The molecule has 3 amide bonds. The van der Waals surface area contributed by atoms with Crippen molar-refractivity contribution in [2.45, 2.75) is 19.0 Å². The molecule has 1 saturated heterocycles. The van der Waals surface area contributed by atoms with Crippen molar-refractivity contribution >= 4 is 11.9 Å². The number of carbonyl (C=O) groups excluding carboxylic acids is 2. The Morgan fingerprint density at radius 2 is 1.96 bits per heavy atom. The first-order valence-corrected chi connectivity index (χ1v) is 7.25. The molecule has 0 aliphatic carbocycles. The van der Waals surface area contributed by atoms with Crippen LogP contribution in [0.3, 0.4) is 0 Å². The van der Waals surface area contributed by atoms with E-state index in [1.807, 2.05) is 0 Å². The first-order chi connectivity index (χ1) is 11.6. The van der Waals surface area contributed by atoms with Gasteiger partial charge in [-0.05, 0) is 31.2 Å². The van der Waals surface area contributed by atoms with Gasteiger partial charge in [0.15, 0.2) is 11.3 Å². The zero-order chi connectivity index (χ0) is 16.7. The van der Waals surface area contributed by atoms with Gasteiger partial charge in [-0.2, -0.15) is 0 Å². The summed E-state index contributed by atoms with van der Waals surface area (Å²) in [7, 11) is 0. The Labute approximate surface area is 136 Å². The summed E-state index contributed by atoms with van der Waals surface area (Å²) >= 11 is 0. The molecule has 1 atom stereocenters. The highest BCUT2D eigenvalue weighted by atomic mass is 16.5. The highest BCUT2D eigenvalue weighted by Gasteiger charge is 2.51. The van der Waals surface area contributed by atoms with E-state index in [2.05, 4.69) is 10.5 Å². The largest absolute Gasteiger partial charge is 0.466 e. The summed E-state index contributed by atoms with van der Waals surface area (Å²) in [5, 5.41) is 6.54. The number of urea groups is 1. The minimum atomic E-state index is -1.23. The van der Waals surface area contributed by atoms with Crippen molar-refractivity contribution in [1.82, 2.24) is 15.4 Å². The predicted octanol–water partition coefficient (Wildman–Crippen LogP) is 2.49. The van der Waals surface area contributed by atoms with Crippen molar-refractivity contribution in [2.75, 3.05) is 0 Å². The number of amides is 3. The molecule has 122 valence electrons. The summed E-state index contributed by atoms with van der Waals surface area (Å²) in [5.41, 5.74) is -0.790. The smallest absolute Gasteiger partial charge is 0.325 e. The molecule has 8 nitrogen and oxygen atoms in total. The number of imide groups is 1. The molecule has 1 aliphatic rings. The summed E-state index contributed by atoms with van der Waals surface area (Å²) in [6, 6.07) is 7.88. The van der Waals surface area contributed by atoms with Gasteiger partial charge in [0.25, 0.3) is 5.91 Å². The molecule has 0 radical (unpaired) electrons. The van der Waals surface area contributed by atoms with Crippen LogP contribution in [-0.4, -0.2) is 22.0 Å². The third-order valence-corrected chi connectivity index (χ3v) is 3.93. The number of nitrogens with zero attached hydrogens (tertiary/aromatic N) is 2. The van der Waals surface area contributed by atoms with Crippen LogP contribution in [0.15, 0.2) is 56.2 Å². The zero-order valence-electron chi connectivity index (χ0n) is 12.7. The second kappa shape index (κ2) is 5.12. The fourth-order valence-electron chi connectivity index (χ4n) is 2.65. The number of hydrogen-bond acceptors (Lipinski definition) is 6. The molecule has 4 rings (SSSR count). The highest BCUT2D eigenvalue weighted by molar-refractivity contribution is 6.06. The van der Waals surface area contributed by atoms with Crippen LogP contribution in [0.25, 0.3) is 11.5 Å². The molecular weight excluding hydrogens is 314 g/mol. The van der Waals surface area contributed by atoms with Gasteiger partial charge in [-0.15, -0.1) is 0 Å². The molecule has 0 spiro atoms. The Kier molecular flexibility index (Phi) is 3.05. The van der Waals surface area contributed by atoms with Gasteiger partial charge in [0.05, 0.1) is 19.1 Å². The summed E-state index contributed by atoms with van der Waals surface area (Å²) in [6.45, 7) is 1.59. The van der Waals surface area contributed by atoms with E-state index >= 15 is 0 Å². The molecule has 0 unspecified atom stereocenters. The van der Waals surface area contributed by atoms with Gasteiger partial charge in [0, 0.05) is 6.07 Å². The van der Waals surface area contributed by atoms with Gasteiger partial charge in [-0.3, -0.25) is 9.69 Å². The number of carbonyl (C=O) groups is 2. The summed E-state index contributed by atoms with van der Waals surface area (Å²) < 4.78 is 15.7. The van der Waals surface area contributed by atoms with E-state index in [9.17, 15) is 9.59 Å². The van der Waals surface area contributed by atoms with E-state index in [4.69, 9.17) is 13.4 Å². The van der Waals surface area contributed by atoms with E-state index < -0.39 is 17.5 Å². The molecule has 0 bridgehead atoms. The predicted molar refractivity (Wildman–Crippen MR) is 79.3 cm³/mol. The SMILES string of the molecule is C[C@@]1(c2ccco2)NC(=O)N(Cc2cc(-c3ccco3)on2)C1=O. The van der Waals surface area contributed by atoms with E-state index in [1.165, 1.54) is 12.5 Å². The highest BCUT2D eigenvalue weighted by Crippen LogP contribution is 2.30. The maximum atomic E-state index is 12.7. The number of aromatic nitrogens is 1. The Balaban J connectivity index is 1.57. The molecule has 0 saturated carbocycles. The van der Waals surface area contributed by atoms with Crippen LogP contribution in [0.5, 0.6) is 0 Å². The van der Waals surface area contributed by atoms with Crippen LogP contribution in [0.4, 0.5) is 4.79 Å². The first-order valence-electron chi connectivity index (χ1n) is 7.25. The van der Waals surface area contributed by atoms with Crippen molar-refractivity contribution in [3.8, 4) is 11.5 Å².